The van der Waals surface area contributed by atoms with Gasteiger partial charge < -0.3 is 0 Å². The van der Waals surface area contributed by atoms with Crippen LogP contribution in [0, 0.1) is 6.92 Å². The standard InChI is InChI=1S/C16H19NO2S2/c1-13-2-4-16(5-3-13)21(18,19)17-9-6-14(7-10-17)15-8-11-20-12-15/h2-5,8,11-12,14H,6-7,9-10H2,1H3. The number of rotatable bonds is 3. The molecule has 1 aliphatic rings. The summed E-state index contributed by atoms with van der Waals surface area (Å²) in [4.78, 5) is 0.405. The Kier molecular flexibility index (Phi) is 4.15. The number of hydrogen-bond donors (Lipinski definition) is 0. The molecule has 0 unspecified atom stereocenters. The number of benzene rings is 1. The van der Waals surface area contributed by atoms with Crippen molar-refractivity contribution in [2.24, 2.45) is 0 Å². The van der Waals surface area contributed by atoms with Crippen LogP contribution in [0.15, 0.2) is 46.0 Å². The van der Waals surface area contributed by atoms with E-state index in [1.54, 1.807) is 27.8 Å². The average Bonchev–Trinajstić information content (AvgIpc) is 3.02. The zero-order chi connectivity index (χ0) is 14.9. The molecule has 21 heavy (non-hydrogen) atoms. The molecule has 0 saturated carbocycles. The van der Waals surface area contributed by atoms with Crippen molar-refractivity contribution in [2.75, 3.05) is 13.1 Å². The maximum atomic E-state index is 12.6. The van der Waals surface area contributed by atoms with E-state index in [4.69, 9.17) is 0 Å². The van der Waals surface area contributed by atoms with Crippen LogP contribution in [-0.4, -0.2) is 25.8 Å². The molecule has 0 N–H and O–H groups in total. The fraction of sp³-hybridized carbons (Fsp3) is 0.375. The van der Waals surface area contributed by atoms with Crippen molar-refractivity contribution < 1.29 is 8.42 Å². The van der Waals surface area contributed by atoms with Gasteiger partial charge in [0.1, 0.15) is 0 Å². The van der Waals surface area contributed by atoms with Crippen LogP contribution in [-0.2, 0) is 10.0 Å². The van der Waals surface area contributed by atoms with Gasteiger partial charge in [-0.05, 0) is 60.2 Å². The average molecular weight is 321 g/mol. The topological polar surface area (TPSA) is 37.4 Å². The second-order valence-corrected chi connectivity index (χ2v) is 8.27. The minimum Gasteiger partial charge on any atom is -0.207 e. The number of hydrogen-bond acceptors (Lipinski definition) is 3. The van der Waals surface area contributed by atoms with E-state index in [2.05, 4.69) is 16.8 Å². The fourth-order valence-electron chi connectivity index (χ4n) is 2.80. The number of thiophene rings is 1. The van der Waals surface area contributed by atoms with Gasteiger partial charge in [0.05, 0.1) is 4.90 Å². The molecule has 0 bridgehead atoms. The van der Waals surface area contributed by atoms with E-state index in [9.17, 15) is 8.42 Å². The molecule has 1 fully saturated rings. The lowest BCUT2D eigenvalue weighted by molar-refractivity contribution is 0.320. The monoisotopic (exact) mass is 321 g/mol. The predicted molar refractivity (Wildman–Crippen MR) is 86.2 cm³/mol. The summed E-state index contributed by atoms with van der Waals surface area (Å²) < 4.78 is 26.9. The predicted octanol–water partition coefficient (Wildman–Crippen LogP) is 3.62. The van der Waals surface area contributed by atoms with Crippen molar-refractivity contribution in [3.05, 3.63) is 52.2 Å². The minimum atomic E-state index is -3.34. The molecule has 2 aromatic rings. The van der Waals surface area contributed by atoms with Crippen molar-refractivity contribution in [1.29, 1.82) is 0 Å². The SMILES string of the molecule is Cc1ccc(S(=O)(=O)N2CCC(c3ccsc3)CC2)cc1. The van der Waals surface area contributed by atoms with Crippen molar-refractivity contribution >= 4 is 21.4 Å². The Morgan fingerprint density at radius 1 is 1.10 bits per heavy atom. The highest BCUT2D eigenvalue weighted by molar-refractivity contribution is 7.89. The van der Waals surface area contributed by atoms with Crippen LogP contribution in [0.5, 0.6) is 0 Å². The Balaban J connectivity index is 1.72. The molecule has 1 aliphatic heterocycles. The first kappa shape index (κ1) is 14.8. The van der Waals surface area contributed by atoms with Crippen LogP contribution in [0.3, 0.4) is 0 Å². The van der Waals surface area contributed by atoms with Crippen LogP contribution in [0.1, 0.15) is 29.9 Å². The molecule has 1 saturated heterocycles. The third-order valence-corrected chi connectivity index (χ3v) is 6.74. The normalized spacial score (nSPS) is 18.0. The molecule has 0 aliphatic carbocycles. The number of aryl methyl sites for hydroxylation is 1. The van der Waals surface area contributed by atoms with Gasteiger partial charge in [-0.15, -0.1) is 0 Å². The smallest absolute Gasteiger partial charge is 0.207 e. The largest absolute Gasteiger partial charge is 0.243 e. The third-order valence-electron chi connectivity index (χ3n) is 4.13. The third kappa shape index (κ3) is 3.05. The Bertz CT molecular complexity index is 682. The van der Waals surface area contributed by atoms with Crippen molar-refractivity contribution in [3.63, 3.8) is 0 Å². The molecular formula is C16H19NO2S2. The molecule has 0 spiro atoms. The molecule has 3 nitrogen and oxygen atoms in total. The van der Waals surface area contributed by atoms with Crippen LogP contribution >= 0.6 is 11.3 Å². The first-order chi connectivity index (χ1) is 10.1. The van der Waals surface area contributed by atoms with Gasteiger partial charge in [-0.3, -0.25) is 0 Å². The molecule has 1 aromatic heterocycles. The number of piperidine rings is 1. The summed E-state index contributed by atoms with van der Waals surface area (Å²) in [6, 6.07) is 9.26. The van der Waals surface area contributed by atoms with Gasteiger partial charge in [0.2, 0.25) is 10.0 Å². The zero-order valence-corrected chi connectivity index (χ0v) is 13.7. The highest BCUT2D eigenvalue weighted by atomic mass is 32.2. The van der Waals surface area contributed by atoms with Crippen molar-refractivity contribution in [1.82, 2.24) is 4.31 Å². The second kappa shape index (κ2) is 5.91. The summed E-state index contributed by atoms with van der Waals surface area (Å²) in [5, 5.41) is 4.26. The first-order valence-electron chi connectivity index (χ1n) is 7.16. The van der Waals surface area contributed by atoms with Crippen LogP contribution in [0.4, 0.5) is 0 Å². The summed E-state index contributed by atoms with van der Waals surface area (Å²) >= 11 is 1.71. The molecule has 1 aromatic carbocycles. The van der Waals surface area contributed by atoms with Crippen molar-refractivity contribution in [3.8, 4) is 0 Å². The molecule has 112 valence electrons. The summed E-state index contributed by atoms with van der Waals surface area (Å²) in [5.74, 6) is 0.501. The molecule has 0 amide bonds. The van der Waals surface area contributed by atoms with Gasteiger partial charge in [-0.1, -0.05) is 17.7 Å². The Morgan fingerprint density at radius 3 is 2.33 bits per heavy atom. The van der Waals surface area contributed by atoms with E-state index in [0.29, 0.717) is 23.9 Å². The molecule has 3 rings (SSSR count). The van der Waals surface area contributed by atoms with Gasteiger partial charge in [0.15, 0.2) is 0 Å². The quantitative estimate of drug-likeness (QED) is 0.866. The van der Waals surface area contributed by atoms with E-state index >= 15 is 0 Å². The maximum Gasteiger partial charge on any atom is 0.243 e. The lowest BCUT2D eigenvalue weighted by Gasteiger charge is -2.31. The van der Waals surface area contributed by atoms with Gasteiger partial charge in [-0.25, -0.2) is 8.42 Å². The van der Waals surface area contributed by atoms with Crippen molar-refractivity contribution in [2.45, 2.75) is 30.6 Å². The lowest BCUT2D eigenvalue weighted by atomic mass is 9.92. The molecule has 0 radical (unpaired) electrons. The molecule has 2 heterocycles. The van der Waals surface area contributed by atoms with Gasteiger partial charge >= 0.3 is 0 Å². The Morgan fingerprint density at radius 2 is 1.76 bits per heavy atom. The summed E-state index contributed by atoms with van der Waals surface area (Å²) in [7, 11) is -3.34. The maximum absolute atomic E-state index is 12.6. The molecule has 5 heteroatoms. The van der Waals surface area contributed by atoms with E-state index in [-0.39, 0.29) is 0 Å². The van der Waals surface area contributed by atoms with E-state index < -0.39 is 10.0 Å². The fourth-order valence-corrected chi connectivity index (χ4v) is 5.01. The summed E-state index contributed by atoms with van der Waals surface area (Å²) in [6.07, 6.45) is 1.81. The Labute approximate surface area is 130 Å². The second-order valence-electron chi connectivity index (χ2n) is 5.55. The van der Waals surface area contributed by atoms with Crippen LogP contribution in [0.25, 0.3) is 0 Å². The summed E-state index contributed by atoms with van der Waals surface area (Å²) in [6.45, 7) is 3.18. The zero-order valence-electron chi connectivity index (χ0n) is 12.0. The summed E-state index contributed by atoms with van der Waals surface area (Å²) in [5.41, 5.74) is 2.43. The van der Waals surface area contributed by atoms with E-state index in [1.807, 2.05) is 19.1 Å². The first-order valence-corrected chi connectivity index (χ1v) is 9.54. The molecule has 0 atom stereocenters. The van der Waals surface area contributed by atoms with Crippen LogP contribution in [0.2, 0.25) is 0 Å². The minimum absolute atomic E-state index is 0.405. The number of sulfonamides is 1. The lowest BCUT2D eigenvalue weighted by Crippen LogP contribution is -2.37. The van der Waals surface area contributed by atoms with Gasteiger partial charge in [0, 0.05) is 13.1 Å². The van der Waals surface area contributed by atoms with Gasteiger partial charge in [0.25, 0.3) is 0 Å². The Hall–Kier alpha value is -1.17. The highest BCUT2D eigenvalue weighted by Gasteiger charge is 2.29. The number of nitrogens with zero attached hydrogens (tertiary/aromatic N) is 1. The van der Waals surface area contributed by atoms with E-state index in [1.165, 1.54) is 5.56 Å². The van der Waals surface area contributed by atoms with Crippen LogP contribution < -0.4 is 0 Å². The van der Waals surface area contributed by atoms with E-state index in [0.717, 1.165) is 18.4 Å². The van der Waals surface area contributed by atoms with Gasteiger partial charge in [-0.2, -0.15) is 15.6 Å². The highest BCUT2D eigenvalue weighted by Crippen LogP contribution is 2.31. The molecular weight excluding hydrogens is 302 g/mol.